The van der Waals surface area contributed by atoms with E-state index < -0.39 is 5.97 Å². The second-order valence-corrected chi connectivity index (χ2v) is 8.87. The first-order valence-corrected chi connectivity index (χ1v) is 10.9. The standard InChI is InChI=1S/C24H33ClN2O4/c1-6-27(7-2)10-11-31-23(30)19-9-8-18(14-21(19)28)26-15-16-12-17(24(3,4)5)13-20(25)22(16)29/h8-9,12-14,26,28-29H,6-7,10-11,15H2,1-5H3. The van der Waals surface area contributed by atoms with E-state index in [-0.39, 0.29) is 29.1 Å². The van der Waals surface area contributed by atoms with Gasteiger partial charge >= 0.3 is 5.97 Å². The molecule has 0 unspecified atom stereocenters. The third kappa shape index (κ3) is 6.77. The Morgan fingerprint density at radius 1 is 1.13 bits per heavy atom. The maximum Gasteiger partial charge on any atom is 0.341 e. The molecule has 0 saturated carbocycles. The number of aromatic hydroxyl groups is 2. The van der Waals surface area contributed by atoms with E-state index in [1.165, 1.54) is 12.1 Å². The Labute approximate surface area is 189 Å². The lowest BCUT2D eigenvalue weighted by Crippen LogP contribution is -2.27. The van der Waals surface area contributed by atoms with E-state index in [1.807, 2.05) is 6.07 Å². The van der Waals surface area contributed by atoms with Gasteiger partial charge in [-0.15, -0.1) is 0 Å². The number of esters is 1. The summed E-state index contributed by atoms with van der Waals surface area (Å²) in [7, 11) is 0. The largest absolute Gasteiger partial charge is 0.507 e. The predicted molar refractivity (Wildman–Crippen MR) is 125 cm³/mol. The van der Waals surface area contributed by atoms with Crippen molar-refractivity contribution in [2.75, 3.05) is 31.6 Å². The summed E-state index contributed by atoms with van der Waals surface area (Å²) in [6, 6.07) is 8.36. The number of carbonyl (C=O) groups excluding carboxylic acids is 1. The minimum atomic E-state index is -0.557. The Balaban J connectivity index is 2.05. The number of phenols is 2. The van der Waals surface area contributed by atoms with Gasteiger partial charge in [0.15, 0.2) is 0 Å². The van der Waals surface area contributed by atoms with Gasteiger partial charge in [0.2, 0.25) is 0 Å². The van der Waals surface area contributed by atoms with E-state index in [0.717, 1.165) is 18.7 Å². The summed E-state index contributed by atoms with van der Waals surface area (Å²) in [6.07, 6.45) is 0. The van der Waals surface area contributed by atoms with Gasteiger partial charge in [0.05, 0.1) is 5.02 Å². The first-order valence-electron chi connectivity index (χ1n) is 10.5. The summed E-state index contributed by atoms with van der Waals surface area (Å²) in [6.45, 7) is 13.3. The van der Waals surface area contributed by atoms with E-state index in [1.54, 1.807) is 12.1 Å². The van der Waals surface area contributed by atoms with Crippen molar-refractivity contribution in [2.45, 2.75) is 46.6 Å². The van der Waals surface area contributed by atoms with Gasteiger partial charge in [0, 0.05) is 30.4 Å². The smallest absolute Gasteiger partial charge is 0.341 e. The molecule has 170 valence electrons. The fraction of sp³-hybridized carbons (Fsp3) is 0.458. The minimum absolute atomic E-state index is 0.0276. The second kappa shape index (κ2) is 10.7. The lowest BCUT2D eigenvalue weighted by atomic mass is 9.86. The van der Waals surface area contributed by atoms with Crippen LogP contribution in [0.15, 0.2) is 30.3 Å². The molecule has 2 aromatic carbocycles. The molecule has 0 aromatic heterocycles. The number of hydrogen-bond acceptors (Lipinski definition) is 6. The Morgan fingerprint density at radius 2 is 1.81 bits per heavy atom. The highest BCUT2D eigenvalue weighted by Gasteiger charge is 2.18. The van der Waals surface area contributed by atoms with Crippen molar-refractivity contribution in [2.24, 2.45) is 0 Å². The molecule has 0 heterocycles. The van der Waals surface area contributed by atoms with E-state index in [4.69, 9.17) is 16.3 Å². The van der Waals surface area contributed by atoms with Crippen molar-refractivity contribution in [3.63, 3.8) is 0 Å². The number of carbonyl (C=O) groups is 1. The zero-order chi connectivity index (χ0) is 23.2. The minimum Gasteiger partial charge on any atom is -0.507 e. The lowest BCUT2D eigenvalue weighted by molar-refractivity contribution is 0.0463. The lowest BCUT2D eigenvalue weighted by Gasteiger charge is -2.21. The van der Waals surface area contributed by atoms with E-state index in [2.05, 4.69) is 44.8 Å². The van der Waals surface area contributed by atoms with Crippen LogP contribution in [-0.4, -0.2) is 47.3 Å². The predicted octanol–water partition coefficient (Wildman–Crippen LogP) is 5.16. The molecule has 0 amide bonds. The highest BCUT2D eigenvalue weighted by molar-refractivity contribution is 6.32. The number of halogens is 1. The number of hydrogen-bond donors (Lipinski definition) is 3. The third-order valence-corrected chi connectivity index (χ3v) is 5.53. The first kappa shape index (κ1) is 24.8. The fourth-order valence-corrected chi connectivity index (χ4v) is 3.36. The summed E-state index contributed by atoms with van der Waals surface area (Å²) in [5, 5.41) is 24.0. The summed E-state index contributed by atoms with van der Waals surface area (Å²) >= 11 is 6.20. The van der Waals surface area contributed by atoms with Gasteiger partial charge in [-0.25, -0.2) is 4.79 Å². The van der Waals surface area contributed by atoms with E-state index in [0.29, 0.717) is 29.4 Å². The number of nitrogens with one attached hydrogen (secondary N) is 1. The number of benzene rings is 2. The molecule has 0 radical (unpaired) electrons. The third-order valence-electron chi connectivity index (χ3n) is 5.24. The number of phenolic OH excluding ortho intramolecular Hbond substituents is 2. The van der Waals surface area contributed by atoms with Crippen LogP contribution < -0.4 is 5.32 Å². The van der Waals surface area contributed by atoms with E-state index in [9.17, 15) is 15.0 Å². The van der Waals surface area contributed by atoms with Crippen LogP contribution in [0.1, 0.15) is 56.1 Å². The molecule has 7 heteroatoms. The van der Waals surface area contributed by atoms with Gasteiger partial charge in [-0.3, -0.25) is 0 Å². The Hall–Kier alpha value is -2.44. The molecule has 0 atom stereocenters. The molecule has 0 spiro atoms. The van der Waals surface area contributed by atoms with Crippen molar-refractivity contribution in [1.82, 2.24) is 4.90 Å². The first-order chi connectivity index (χ1) is 14.6. The molecule has 6 nitrogen and oxygen atoms in total. The highest BCUT2D eigenvalue weighted by Crippen LogP contribution is 2.34. The van der Waals surface area contributed by atoms with Crippen LogP contribution in [0.4, 0.5) is 5.69 Å². The van der Waals surface area contributed by atoms with Crippen molar-refractivity contribution in [1.29, 1.82) is 0 Å². The van der Waals surface area contributed by atoms with E-state index >= 15 is 0 Å². The Kier molecular flexibility index (Phi) is 8.60. The van der Waals surface area contributed by atoms with Crippen molar-refractivity contribution < 1.29 is 19.7 Å². The number of anilines is 1. The maximum absolute atomic E-state index is 12.3. The summed E-state index contributed by atoms with van der Waals surface area (Å²) < 4.78 is 5.28. The van der Waals surface area contributed by atoms with Gasteiger partial charge in [-0.05, 0) is 48.3 Å². The SMILES string of the molecule is CCN(CC)CCOC(=O)c1ccc(NCc2cc(C(C)(C)C)cc(Cl)c2O)cc1O. The van der Waals surface area contributed by atoms with Gasteiger partial charge in [-0.1, -0.05) is 46.2 Å². The molecule has 31 heavy (non-hydrogen) atoms. The van der Waals surface area contributed by atoms with Crippen molar-refractivity contribution in [3.05, 3.63) is 52.0 Å². The fourth-order valence-electron chi connectivity index (χ4n) is 3.12. The van der Waals surface area contributed by atoms with Crippen LogP contribution in [-0.2, 0) is 16.7 Å². The molecule has 2 aromatic rings. The molecule has 0 aliphatic rings. The molecular weight excluding hydrogens is 416 g/mol. The molecular formula is C24H33ClN2O4. The van der Waals surface area contributed by atoms with Gasteiger partial charge in [-0.2, -0.15) is 0 Å². The molecule has 3 N–H and O–H groups in total. The van der Waals surface area contributed by atoms with Crippen molar-refractivity contribution in [3.8, 4) is 11.5 Å². The molecule has 0 saturated heterocycles. The number of nitrogens with zero attached hydrogens (tertiary/aromatic N) is 1. The van der Waals surface area contributed by atoms with Crippen LogP contribution in [0.25, 0.3) is 0 Å². The number of likely N-dealkylation sites (N-methyl/N-ethyl adjacent to an activating group) is 1. The second-order valence-electron chi connectivity index (χ2n) is 8.46. The van der Waals surface area contributed by atoms with Crippen molar-refractivity contribution >= 4 is 23.3 Å². The average molecular weight is 449 g/mol. The van der Waals surface area contributed by atoms with Crippen LogP contribution in [0.5, 0.6) is 11.5 Å². The summed E-state index contributed by atoms with van der Waals surface area (Å²) in [5.74, 6) is -0.693. The Bertz CT molecular complexity index is 905. The van der Waals surface area contributed by atoms with Crippen LogP contribution in [0.3, 0.4) is 0 Å². The van der Waals surface area contributed by atoms with Gasteiger partial charge in [0.25, 0.3) is 0 Å². The molecule has 0 fully saturated rings. The summed E-state index contributed by atoms with van der Waals surface area (Å²) in [4.78, 5) is 14.4. The molecule has 0 aliphatic heterocycles. The molecule has 0 bridgehead atoms. The van der Waals surface area contributed by atoms with Crippen LogP contribution in [0.2, 0.25) is 5.02 Å². The van der Waals surface area contributed by atoms with Gasteiger partial charge in [0.1, 0.15) is 23.7 Å². The number of rotatable bonds is 9. The zero-order valence-corrected chi connectivity index (χ0v) is 19.7. The molecule has 2 rings (SSSR count). The number of ether oxygens (including phenoxy) is 1. The topological polar surface area (TPSA) is 82.0 Å². The quantitative estimate of drug-likeness (QED) is 0.459. The van der Waals surface area contributed by atoms with Gasteiger partial charge < -0.3 is 25.2 Å². The maximum atomic E-state index is 12.3. The van der Waals surface area contributed by atoms with Crippen LogP contribution >= 0.6 is 11.6 Å². The Morgan fingerprint density at radius 3 is 2.39 bits per heavy atom. The zero-order valence-electron chi connectivity index (χ0n) is 19.0. The molecule has 0 aliphatic carbocycles. The summed E-state index contributed by atoms with van der Waals surface area (Å²) in [5.41, 5.74) is 2.27. The highest BCUT2D eigenvalue weighted by atomic mass is 35.5. The average Bonchev–Trinajstić information content (AvgIpc) is 2.71. The van der Waals surface area contributed by atoms with Crippen LogP contribution in [0, 0.1) is 0 Å². The normalized spacial score (nSPS) is 11.6. The monoisotopic (exact) mass is 448 g/mol.